The summed E-state index contributed by atoms with van der Waals surface area (Å²) in [7, 11) is -0.826. The summed E-state index contributed by atoms with van der Waals surface area (Å²) in [6, 6.07) is 3.64. The summed E-state index contributed by atoms with van der Waals surface area (Å²) >= 11 is 0. The van der Waals surface area contributed by atoms with Crippen LogP contribution in [-0.2, 0) is 25.3 Å². The second kappa shape index (κ2) is 12.8. The summed E-state index contributed by atoms with van der Waals surface area (Å²) in [5.74, 6) is -0.438. The number of hydrogen-bond acceptors (Lipinski definition) is 8. The van der Waals surface area contributed by atoms with E-state index in [4.69, 9.17) is 18.7 Å². The molecule has 38 heavy (non-hydrogen) atoms. The maximum Gasteiger partial charge on any atom is 0.419 e. The second-order valence-corrected chi connectivity index (χ2v) is 13.9. The molecule has 3 atom stereocenters. The van der Waals surface area contributed by atoms with Crippen LogP contribution in [0.1, 0.15) is 73.5 Å². The summed E-state index contributed by atoms with van der Waals surface area (Å²) in [5, 5.41) is 24.2. The maximum atomic E-state index is 13.8. The van der Waals surface area contributed by atoms with Crippen molar-refractivity contribution in [2.75, 3.05) is 32.0 Å². The van der Waals surface area contributed by atoms with Gasteiger partial charge < -0.3 is 24.2 Å². The smallest absolute Gasteiger partial charge is 0.419 e. The van der Waals surface area contributed by atoms with Crippen LogP contribution in [0.5, 0.6) is 0 Å². The zero-order valence-corrected chi connectivity index (χ0v) is 24.5. The molecule has 1 N–H and O–H groups in total. The molecular weight excluding hydrogens is 515 g/mol. The molecule has 12 heteroatoms. The molecule has 0 bridgehead atoms. The fourth-order valence-corrected chi connectivity index (χ4v) is 7.19. The van der Waals surface area contributed by atoms with E-state index in [9.17, 15) is 24.7 Å². The van der Waals surface area contributed by atoms with E-state index in [2.05, 4.69) is 0 Å². The van der Waals surface area contributed by atoms with Crippen molar-refractivity contribution < 1.29 is 43.0 Å². The molecule has 11 nitrogen and oxygen atoms in total. The van der Waals surface area contributed by atoms with Gasteiger partial charge in [-0.15, -0.1) is 0 Å². The van der Waals surface area contributed by atoms with E-state index in [0.29, 0.717) is 12.3 Å². The van der Waals surface area contributed by atoms with Crippen molar-refractivity contribution in [3.63, 3.8) is 0 Å². The van der Waals surface area contributed by atoms with Crippen LogP contribution in [0.4, 0.5) is 9.59 Å². The highest BCUT2D eigenvalue weighted by Crippen LogP contribution is 2.52. The quantitative estimate of drug-likeness (QED) is 0.166. The molecule has 1 aliphatic heterocycles. The first-order chi connectivity index (χ1) is 17.5. The summed E-state index contributed by atoms with van der Waals surface area (Å²) in [4.78, 5) is 43.4. The van der Waals surface area contributed by atoms with Crippen molar-refractivity contribution in [2.24, 2.45) is 0 Å². The van der Waals surface area contributed by atoms with Gasteiger partial charge in [-0.05, 0) is 73.4 Å². The number of hydroxylamine groups is 4. The first-order valence-corrected chi connectivity index (χ1v) is 14.9. The van der Waals surface area contributed by atoms with Gasteiger partial charge >= 0.3 is 18.2 Å². The van der Waals surface area contributed by atoms with Gasteiger partial charge in [-0.25, -0.2) is 24.1 Å². The van der Waals surface area contributed by atoms with Gasteiger partial charge in [0, 0.05) is 31.5 Å². The molecule has 1 aliphatic rings. The largest absolute Gasteiger partial charge is 0.597 e. The first kappa shape index (κ1) is 32.0. The van der Waals surface area contributed by atoms with Crippen LogP contribution < -0.4 is 0 Å². The average molecular weight is 559 g/mol. The Hall–Kier alpha value is -2.20. The number of furan rings is 1. The van der Waals surface area contributed by atoms with Crippen LogP contribution >= 0.6 is 7.92 Å². The Labute approximate surface area is 226 Å². The molecule has 1 fully saturated rings. The van der Waals surface area contributed by atoms with E-state index in [-0.39, 0.29) is 45.1 Å². The van der Waals surface area contributed by atoms with Gasteiger partial charge in [0.05, 0.1) is 6.26 Å². The molecule has 1 saturated heterocycles. The number of aliphatic carboxylic acids is 1. The number of amides is 2. The zero-order chi connectivity index (χ0) is 28.8. The zero-order valence-electron chi connectivity index (χ0n) is 23.7. The van der Waals surface area contributed by atoms with Gasteiger partial charge in [-0.1, -0.05) is 7.92 Å². The summed E-state index contributed by atoms with van der Waals surface area (Å²) in [5.41, 5.74) is -3.35. The third kappa shape index (κ3) is 8.66. The van der Waals surface area contributed by atoms with Gasteiger partial charge in [-0.3, -0.25) is 0 Å². The molecule has 2 amide bonds. The highest BCUT2D eigenvalue weighted by Gasteiger charge is 2.58. The third-order valence-corrected chi connectivity index (χ3v) is 8.55. The monoisotopic (exact) mass is 558 g/mol. The average Bonchev–Trinajstić information content (AvgIpc) is 3.26. The van der Waals surface area contributed by atoms with E-state index >= 15 is 0 Å². The number of quaternary nitrogens is 1. The summed E-state index contributed by atoms with van der Waals surface area (Å²) in [6.07, 6.45) is 1.79. The molecule has 0 aromatic carbocycles. The van der Waals surface area contributed by atoms with Crippen LogP contribution in [-0.4, -0.2) is 81.7 Å². The number of carboxylic acids is 1. The number of carbonyl (C=O) groups excluding carboxylic acids is 2. The van der Waals surface area contributed by atoms with Gasteiger partial charge in [0.15, 0.2) is 0 Å². The predicted octanol–water partition coefficient (Wildman–Crippen LogP) is 5.71. The number of rotatable bonds is 10. The van der Waals surface area contributed by atoms with Gasteiger partial charge in [-0.2, -0.15) is 4.81 Å². The lowest BCUT2D eigenvalue weighted by atomic mass is 9.93. The number of unbranched alkanes of at least 4 members (excludes halogenated alkanes) is 1. The Morgan fingerprint density at radius 3 is 2.21 bits per heavy atom. The van der Waals surface area contributed by atoms with Crippen molar-refractivity contribution in [1.82, 2.24) is 4.90 Å². The minimum atomic E-state index is -1.70. The minimum Gasteiger partial charge on any atom is -0.597 e. The molecule has 1 aromatic rings. The topological polar surface area (TPSA) is 139 Å². The molecule has 1 aromatic heterocycles. The number of carbonyl (C=O) groups is 3. The van der Waals surface area contributed by atoms with Crippen molar-refractivity contribution >= 4 is 26.1 Å². The van der Waals surface area contributed by atoms with E-state index in [0.717, 1.165) is 10.7 Å². The van der Waals surface area contributed by atoms with Crippen LogP contribution in [0.25, 0.3) is 0 Å². The minimum absolute atomic E-state index is 0.0271. The van der Waals surface area contributed by atoms with Crippen molar-refractivity contribution in [1.29, 1.82) is 0 Å². The van der Waals surface area contributed by atoms with Crippen LogP contribution in [0.3, 0.4) is 0 Å². The number of imide groups is 1. The SMILES string of the molecule is CCO[N+]1([O-])CCP(Cc2ccco2)CC1(CCCCN(C(=O)OC(C)(C)C)C(=O)OC(C)(C)C)C(=O)O. The lowest BCUT2D eigenvalue weighted by Crippen LogP contribution is -2.69. The third-order valence-electron chi connectivity index (χ3n) is 5.99. The van der Waals surface area contributed by atoms with E-state index in [1.54, 1.807) is 60.8 Å². The lowest BCUT2D eigenvalue weighted by Gasteiger charge is -2.55. The van der Waals surface area contributed by atoms with Gasteiger partial charge in [0.2, 0.25) is 5.54 Å². The summed E-state index contributed by atoms with van der Waals surface area (Å²) in [6.45, 7) is 11.9. The van der Waals surface area contributed by atoms with Crippen LogP contribution in [0.2, 0.25) is 0 Å². The molecule has 3 unspecified atom stereocenters. The fourth-order valence-electron chi connectivity index (χ4n) is 4.35. The lowest BCUT2D eigenvalue weighted by molar-refractivity contribution is -1.10. The Kier molecular flexibility index (Phi) is 10.8. The molecule has 2 heterocycles. The molecular formula is C26H43N2O9P. The van der Waals surface area contributed by atoms with Crippen molar-refractivity contribution in [3.05, 3.63) is 29.4 Å². The van der Waals surface area contributed by atoms with Crippen LogP contribution in [0, 0.1) is 5.21 Å². The number of ether oxygens (including phenoxy) is 2. The normalized spacial score (nSPS) is 24.1. The van der Waals surface area contributed by atoms with Crippen molar-refractivity contribution in [2.45, 2.75) is 90.6 Å². The Morgan fingerprint density at radius 2 is 1.74 bits per heavy atom. The molecule has 216 valence electrons. The van der Waals surface area contributed by atoms with Gasteiger partial charge in [0.1, 0.15) is 30.1 Å². The molecule has 0 aliphatic carbocycles. The second-order valence-electron chi connectivity index (χ2n) is 11.5. The number of carboxylic acid groups (broad SMARTS) is 1. The first-order valence-electron chi connectivity index (χ1n) is 13.0. The fraction of sp³-hybridized carbons (Fsp3) is 0.731. The van der Waals surface area contributed by atoms with Crippen molar-refractivity contribution in [3.8, 4) is 0 Å². The standard InChI is InChI=1S/C26H43N2O9P/c1-8-35-28(33)15-17-38(18-20-12-11-16-34-20)19-26(28,21(29)30)13-9-10-14-27(22(31)36-24(2,3)4)23(32)37-25(5,6)7/h11-12,16H,8-10,13-15,17-19H2,1-7H3,(H,29,30). The molecule has 0 spiro atoms. The Bertz CT molecular complexity index is 914. The molecule has 2 rings (SSSR count). The number of hydrogen-bond donors (Lipinski definition) is 1. The maximum absolute atomic E-state index is 13.8. The molecule has 0 saturated carbocycles. The number of nitrogens with zero attached hydrogens (tertiary/aromatic N) is 2. The van der Waals surface area contributed by atoms with E-state index < -0.39 is 47.6 Å². The van der Waals surface area contributed by atoms with E-state index in [1.165, 1.54) is 0 Å². The van der Waals surface area contributed by atoms with Gasteiger partial charge in [0.25, 0.3) is 0 Å². The van der Waals surface area contributed by atoms with E-state index in [1.807, 2.05) is 6.07 Å². The Balaban J connectivity index is 2.19. The summed E-state index contributed by atoms with van der Waals surface area (Å²) < 4.78 is 16.2. The molecule has 0 radical (unpaired) electrons. The predicted molar refractivity (Wildman–Crippen MR) is 143 cm³/mol. The highest BCUT2D eigenvalue weighted by atomic mass is 31.1. The highest BCUT2D eigenvalue weighted by molar-refractivity contribution is 7.57. The van der Waals surface area contributed by atoms with Crippen LogP contribution in [0.15, 0.2) is 22.8 Å². The Morgan fingerprint density at radius 1 is 1.13 bits per heavy atom.